The third-order valence-electron chi connectivity index (χ3n) is 4.73. The highest BCUT2D eigenvalue weighted by Crippen LogP contribution is 2.28. The van der Waals surface area contributed by atoms with Crippen LogP contribution in [-0.4, -0.2) is 33.4 Å². The minimum atomic E-state index is -0.276. The lowest BCUT2D eigenvalue weighted by Crippen LogP contribution is -2.39. The predicted octanol–water partition coefficient (Wildman–Crippen LogP) is 3.93. The predicted molar refractivity (Wildman–Crippen MR) is 91.6 cm³/mol. The second-order valence-electron chi connectivity index (χ2n) is 6.84. The van der Waals surface area contributed by atoms with Gasteiger partial charge in [-0.3, -0.25) is 4.79 Å². The van der Waals surface area contributed by atoms with Crippen molar-refractivity contribution in [3.05, 3.63) is 53.4 Å². The van der Waals surface area contributed by atoms with E-state index in [-0.39, 0.29) is 17.6 Å². The molecule has 1 aromatic carbocycles. The molecule has 0 bridgehead atoms. The SMILES string of the molecule is Cc1cc(C(=O)N2CCCC(c3nccn3C(C)C)C2)ccc1F. The maximum Gasteiger partial charge on any atom is 0.253 e. The monoisotopic (exact) mass is 329 g/mol. The number of hydrogen-bond donors (Lipinski definition) is 0. The van der Waals surface area contributed by atoms with Crippen LogP contribution in [-0.2, 0) is 0 Å². The lowest BCUT2D eigenvalue weighted by atomic mass is 9.96. The normalized spacial score (nSPS) is 18.2. The summed E-state index contributed by atoms with van der Waals surface area (Å²) in [6.45, 7) is 7.37. The standard InChI is InChI=1S/C19H24FN3O/c1-13(2)23-10-8-21-18(23)16-5-4-9-22(12-16)19(24)15-6-7-17(20)14(3)11-15/h6-8,10-11,13,16H,4-5,9,12H2,1-3H3. The summed E-state index contributed by atoms with van der Waals surface area (Å²) in [5.74, 6) is 1.01. The summed E-state index contributed by atoms with van der Waals surface area (Å²) in [7, 11) is 0. The number of carbonyl (C=O) groups excluding carboxylic acids is 1. The second-order valence-corrected chi connectivity index (χ2v) is 6.84. The molecule has 0 radical (unpaired) electrons. The molecule has 2 heterocycles. The summed E-state index contributed by atoms with van der Waals surface area (Å²) in [5.41, 5.74) is 1.06. The summed E-state index contributed by atoms with van der Waals surface area (Å²) in [6, 6.07) is 4.93. The van der Waals surface area contributed by atoms with Crippen LogP contribution < -0.4 is 0 Å². The van der Waals surface area contributed by atoms with Crippen molar-refractivity contribution in [2.75, 3.05) is 13.1 Å². The number of piperidine rings is 1. The molecular formula is C19H24FN3O. The number of carbonyl (C=O) groups is 1. The van der Waals surface area contributed by atoms with E-state index in [2.05, 4.69) is 23.4 Å². The van der Waals surface area contributed by atoms with E-state index in [0.717, 1.165) is 25.2 Å². The largest absolute Gasteiger partial charge is 0.338 e. The van der Waals surface area contributed by atoms with Gasteiger partial charge in [0.1, 0.15) is 11.6 Å². The molecule has 1 fully saturated rings. The number of benzene rings is 1. The van der Waals surface area contributed by atoms with Gasteiger partial charge in [0, 0.05) is 43.0 Å². The van der Waals surface area contributed by atoms with Gasteiger partial charge in [0.15, 0.2) is 0 Å². The fourth-order valence-electron chi connectivity index (χ4n) is 3.41. The first kappa shape index (κ1) is 16.7. The molecule has 1 unspecified atom stereocenters. The van der Waals surface area contributed by atoms with Crippen LogP contribution in [0.15, 0.2) is 30.6 Å². The lowest BCUT2D eigenvalue weighted by molar-refractivity contribution is 0.0703. The highest BCUT2D eigenvalue weighted by molar-refractivity contribution is 5.94. The van der Waals surface area contributed by atoms with Gasteiger partial charge in [-0.05, 0) is 57.4 Å². The summed E-state index contributed by atoms with van der Waals surface area (Å²) < 4.78 is 15.6. The molecule has 1 amide bonds. The van der Waals surface area contributed by atoms with Gasteiger partial charge in [-0.1, -0.05) is 0 Å². The topological polar surface area (TPSA) is 38.1 Å². The van der Waals surface area contributed by atoms with Crippen LogP contribution in [0.2, 0.25) is 0 Å². The van der Waals surface area contributed by atoms with Gasteiger partial charge in [-0.25, -0.2) is 9.37 Å². The quantitative estimate of drug-likeness (QED) is 0.856. The molecule has 5 heteroatoms. The molecule has 0 spiro atoms. The van der Waals surface area contributed by atoms with Crippen molar-refractivity contribution in [1.82, 2.24) is 14.5 Å². The number of amides is 1. The van der Waals surface area contributed by atoms with Gasteiger partial charge in [0.2, 0.25) is 0 Å². The average molecular weight is 329 g/mol. The number of rotatable bonds is 3. The molecule has 4 nitrogen and oxygen atoms in total. The van der Waals surface area contributed by atoms with Crippen LogP contribution in [0.1, 0.15) is 60.4 Å². The Kier molecular flexibility index (Phi) is 4.69. The summed E-state index contributed by atoms with van der Waals surface area (Å²) in [4.78, 5) is 19.2. The maximum absolute atomic E-state index is 13.4. The van der Waals surface area contributed by atoms with Crippen LogP contribution in [0.25, 0.3) is 0 Å². The lowest BCUT2D eigenvalue weighted by Gasteiger charge is -2.33. The summed E-state index contributed by atoms with van der Waals surface area (Å²) in [6.07, 6.45) is 5.83. The number of nitrogens with zero attached hydrogens (tertiary/aromatic N) is 3. The molecule has 0 N–H and O–H groups in total. The Hall–Kier alpha value is -2.17. The fourth-order valence-corrected chi connectivity index (χ4v) is 3.41. The number of aryl methyl sites for hydroxylation is 1. The van der Waals surface area contributed by atoms with E-state index in [1.807, 2.05) is 17.3 Å². The highest BCUT2D eigenvalue weighted by atomic mass is 19.1. The van der Waals surface area contributed by atoms with Crippen LogP contribution >= 0.6 is 0 Å². The third-order valence-corrected chi connectivity index (χ3v) is 4.73. The first-order valence-electron chi connectivity index (χ1n) is 8.55. The molecule has 1 aliphatic heterocycles. The first-order chi connectivity index (χ1) is 11.5. The first-order valence-corrected chi connectivity index (χ1v) is 8.55. The smallest absolute Gasteiger partial charge is 0.253 e. The Balaban J connectivity index is 1.79. The van der Waals surface area contributed by atoms with Gasteiger partial charge in [0.25, 0.3) is 5.91 Å². The molecule has 3 rings (SSSR count). The van der Waals surface area contributed by atoms with Gasteiger partial charge in [-0.15, -0.1) is 0 Å². The van der Waals surface area contributed by atoms with Crippen molar-refractivity contribution in [3.8, 4) is 0 Å². The average Bonchev–Trinajstić information content (AvgIpc) is 3.07. The van der Waals surface area contributed by atoms with Crippen LogP contribution in [0.5, 0.6) is 0 Å². The van der Waals surface area contributed by atoms with E-state index in [4.69, 9.17) is 0 Å². The van der Waals surface area contributed by atoms with Gasteiger partial charge < -0.3 is 9.47 Å². The zero-order chi connectivity index (χ0) is 17.3. The van der Waals surface area contributed by atoms with Crippen LogP contribution in [0, 0.1) is 12.7 Å². The molecule has 1 saturated heterocycles. The number of imidazole rings is 1. The molecular weight excluding hydrogens is 305 g/mol. The van der Waals surface area contributed by atoms with E-state index >= 15 is 0 Å². The van der Waals surface area contributed by atoms with Crippen LogP contribution in [0.3, 0.4) is 0 Å². The van der Waals surface area contributed by atoms with Crippen molar-refractivity contribution >= 4 is 5.91 Å². The van der Waals surface area contributed by atoms with Gasteiger partial charge in [-0.2, -0.15) is 0 Å². The third kappa shape index (κ3) is 3.21. The summed E-state index contributed by atoms with van der Waals surface area (Å²) in [5, 5.41) is 0. The fraction of sp³-hybridized carbons (Fsp3) is 0.474. The number of aromatic nitrogens is 2. The minimum Gasteiger partial charge on any atom is -0.338 e. The molecule has 0 aliphatic carbocycles. The van der Waals surface area contributed by atoms with E-state index in [0.29, 0.717) is 23.7 Å². The Labute approximate surface area is 142 Å². The molecule has 1 atom stereocenters. The van der Waals surface area contributed by atoms with Crippen LogP contribution in [0.4, 0.5) is 4.39 Å². The Morgan fingerprint density at radius 2 is 2.17 bits per heavy atom. The molecule has 1 aliphatic rings. The maximum atomic E-state index is 13.4. The Morgan fingerprint density at radius 3 is 2.88 bits per heavy atom. The second kappa shape index (κ2) is 6.75. The minimum absolute atomic E-state index is 0.0227. The molecule has 0 saturated carbocycles. The molecule has 24 heavy (non-hydrogen) atoms. The van der Waals surface area contributed by atoms with E-state index < -0.39 is 0 Å². The Morgan fingerprint density at radius 1 is 1.38 bits per heavy atom. The van der Waals surface area contributed by atoms with Crippen molar-refractivity contribution < 1.29 is 9.18 Å². The molecule has 2 aromatic rings. The van der Waals surface area contributed by atoms with E-state index in [1.54, 1.807) is 19.1 Å². The number of halogens is 1. The van der Waals surface area contributed by atoms with Crippen molar-refractivity contribution in [1.29, 1.82) is 0 Å². The van der Waals surface area contributed by atoms with Gasteiger partial charge in [0.05, 0.1) is 0 Å². The van der Waals surface area contributed by atoms with Crippen molar-refractivity contribution in [3.63, 3.8) is 0 Å². The zero-order valence-electron chi connectivity index (χ0n) is 14.5. The van der Waals surface area contributed by atoms with Crippen molar-refractivity contribution in [2.45, 2.75) is 45.6 Å². The zero-order valence-corrected chi connectivity index (χ0v) is 14.5. The van der Waals surface area contributed by atoms with E-state index in [9.17, 15) is 9.18 Å². The highest BCUT2D eigenvalue weighted by Gasteiger charge is 2.28. The molecule has 1 aromatic heterocycles. The Bertz CT molecular complexity index is 738. The number of hydrogen-bond acceptors (Lipinski definition) is 2. The number of likely N-dealkylation sites (tertiary alicyclic amines) is 1. The summed E-state index contributed by atoms with van der Waals surface area (Å²) >= 11 is 0. The van der Waals surface area contributed by atoms with E-state index in [1.165, 1.54) is 6.07 Å². The van der Waals surface area contributed by atoms with Crippen molar-refractivity contribution in [2.24, 2.45) is 0 Å². The van der Waals surface area contributed by atoms with Gasteiger partial charge >= 0.3 is 0 Å². The molecule has 128 valence electrons.